The van der Waals surface area contributed by atoms with E-state index >= 15 is 0 Å². The Morgan fingerprint density at radius 1 is 1.31 bits per heavy atom. The van der Waals surface area contributed by atoms with Gasteiger partial charge in [0.25, 0.3) is 0 Å². The van der Waals surface area contributed by atoms with E-state index in [1.165, 1.54) is 17.4 Å². The molecule has 0 bridgehead atoms. The van der Waals surface area contributed by atoms with Crippen molar-refractivity contribution in [1.82, 2.24) is 0 Å². The summed E-state index contributed by atoms with van der Waals surface area (Å²) in [6.45, 7) is 4.93. The van der Waals surface area contributed by atoms with Gasteiger partial charge in [0.05, 0.1) is 0 Å². The van der Waals surface area contributed by atoms with E-state index in [2.05, 4.69) is 22.6 Å². The number of ketones is 2. The lowest BCUT2D eigenvalue weighted by molar-refractivity contribution is -0.135. The molecule has 0 spiro atoms. The second-order valence-electron chi connectivity index (χ2n) is 3.55. The standard InChI is InChI=1S/C10H13IO2/c1-6-9(11)4-5-10(6,7(2)12)8(3)13/h4-5H2,1-3H3. The highest BCUT2D eigenvalue weighted by molar-refractivity contribution is 14.1. The number of hydrogen-bond donors (Lipinski definition) is 0. The molecule has 72 valence electrons. The molecule has 1 aliphatic rings. The lowest BCUT2D eigenvalue weighted by Crippen LogP contribution is -2.35. The van der Waals surface area contributed by atoms with E-state index in [0.717, 1.165) is 12.0 Å². The predicted molar refractivity (Wildman–Crippen MR) is 59.7 cm³/mol. The zero-order chi connectivity index (χ0) is 10.2. The smallest absolute Gasteiger partial charge is 0.147 e. The first-order chi connectivity index (χ1) is 5.93. The molecule has 0 unspecified atom stereocenters. The number of allylic oxidation sites excluding steroid dienone is 2. The molecule has 0 atom stereocenters. The third-order valence-electron chi connectivity index (χ3n) is 2.97. The first-order valence-electron chi connectivity index (χ1n) is 4.30. The molecule has 0 saturated carbocycles. The number of halogens is 1. The van der Waals surface area contributed by atoms with E-state index in [1.807, 2.05) is 6.92 Å². The summed E-state index contributed by atoms with van der Waals surface area (Å²) in [6, 6.07) is 0. The summed E-state index contributed by atoms with van der Waals surface area (Å²) in [4.78, 5) is 23.0. The van der Waals surface area contributed by atoms with Crippen molar-refractivity contribution in [3.05, 3.63) is 9.15 Å². The Hall–Kier alpha value is -0.190. The van der Waals surface area contributed by atoms with Crippen LogP contribution in [0.25, 0.3) is 0 Å². The molecule has 3 heteroatoms. The van der Waals surface area contributed by atoms with Gasteiger partial charge < -0.3 is 0 Å². The quantitative estimate of drug-likeness (QED) is 0.579. The molecule has 0 aliphatic heterocycles. The highest BCUT2D eigenvalue weighted by Gasteiger charge is 2.46. The molecule has 0 aromatic carbocycles. The van der Waals surface area contributed by atoms with Crippen LogP contribution in [0.15, 0.2) is 9.15 Å². The largest absolute Gasteiger partial charge is 0.299 e. The van der Waals surface area contributed by atoms with E-state index in [0.29, 0.717) is 6.42 Å². The van der Waals surface area contributed by atoms with Gasteiger partial charge >= 0.3 is 0 Å². The van der Waals surface area contributed by atoms with Crippen LogP contribution < -0.4 is 0 Å². The summed E-state index contributed by atoms with van der Waals surface area (Å²) in [5, 5.41) is 0. The monoisotopic (exact) mass is 292 g/mol. The van der Waals surface area contributed by atoms with Crippen molar-refractivity contribution < 1.29 is 9.59 Å². The Morgan fingerprint density at radius 3 is 1.92 bits per heavy atom. The molecule has 2 nitrogen and oxygen atoms in total. The number of hydrogen-bond acceptors (Lipinski definition) is 2. The van der Waals surface area contributed by atoms with Crippen molar-refractivity contribution in [3.8, 4) is 0 Å². The molecule has 0 N–H and O–H groups in total. The van der Waals surface area contributed by atoms with Crippen LogP contribution in [0, 0.1) is 5.41 Å². The van der Waals surface area contributed by atoms with Crippen molar-refractivity contribution in [1.29, 1.82) is 0 Å². The van der Waals surface area contributed by atoms with Gasteiger partial charge in [-0.1, -0.05) is 0 Å². The molecule has 0 amide bonds. The van der Waals surface area contributed by atoms with E-state index in [9.17, 15) is 9.59 Å². The fourth-order valence-corrected chi connectivity index (χ4v) is 2.76. The minimum atomic E-state index is -0.781. The highest BCUT2D eigenvalue weighted by atomic mass is 127. The van der Waals surface area contributed by atoms with Crippen molar-refractivity contribution in [2.24, 2.45) is 5.41 Å². The maximum atomic E-state index is 11.5. The summed E-state index contributed by atoms with van der Waals surface area (Å²) < 4.78 is 1.17. The van der Waals surface area contributed by atoms with Gasteiger partial charge in [-0.05, 0) is 65.4 Å². The van der Waals surface area contributed by atoms with Crippen LogP contribution in [0.4, 0.5) is 0 Å². The third-order valence-corrected chi connectivity index (χ3v) is 4.32. The van der Waals surface area contributed by atoms with Gasteiger partial charge in [0.1, 0.15) is 17.0 Å². The van der Waals surface area contributed by atoms with Crippen molar-refractivity contribution in [2.75, 3.05) is 0 Å². The van der Waals surface area contributed by atoms with Gasteiger partial charge in [-0.2, -0.15) is 0 Å². The minimum absolute atomic E-state index is 0.0100. The molecule has 0 saturated heterocycles. The molecule has 13 heavy (non-hydrogen) atoms. The number of rotatable bonds is 2. The summed E-state index contributed by atoms with van der Waals surface area (Å²) in [5.41, 5.74) is 0.185. The molecule has 1 aliphatic carbocycles. The summed E-state index contributed by atoms with van der Waals surface area (Å²) in [7, 11) is 0. The maximum Gasteiger partial charge on any atom is 0.147 e. The van der Waals surface area contributed by atoms with Crippen LogP contribution in [0.1, 0.15) is 33.6 Å². The lowest BCUT2D eigenvalue weighted by atomic mass is 9.75. The topological polar surface area (TPSA) is 34.1 Å². The molecule has 0 heterocycles. The summed E-state index contributed by atoms with van der Waals surface area (Å²) >= 11 is 2.23. The van der Waals surface area contributed by atoms with Gasteiger partial charge in [0.2, 0.25) is 0 Å². The zero-order valence-electron chi connectivity index (χ0n) is 8.11. The lowest BCUT2D eigenvalue weighted by Gasteiger charge is -2.24. The number of carbonyl (C=O) groups is 2. The Kier molecular flexibility index (Phi) is 2.95. The van der Waals surface area contributed by atoms with E-state index in [1.54, 1.807) is 0 Å². The third kappa shape index (κ3) is 1.47. The Bertz CT molecular complexity index is 288. The van der Waals surface area contributed by atoms with Gasteiger partial charge in [0.15, 0.2) is 0 Å². The van der Waals surface area contributed by atoms with Gasteiger partial charge in [-0.3, -0.25) is 9.59 Å². The first-order valence-corrected chi connectivity index (χ1v) is 5.38. The number of carbonyl (C=O) groups excluding carboxylic acids is 2. The predicted octanol–water partition coefficient (Wildman–Crippen LogP) is 2.65. The van der Waals surface area contributed by atoms with Crippen LogP contribution in [0.3, 0.4) is 0 Å². The van der Waals surface area contributed by atoms with Gasteiger partial charge in [-0.25, -0.2) is 0 Å². The molecule has 0 aromatic heterocycles. The van der Waals surface area contributed by atoms with Gasteiger partial charge in [-0.15, -0.1) is 0 Å². The van der Waals surface area contributed by atoms with Crippen LogP contribution >= 0.6 is 22.6 Å². The highest BCUT2D eigenvalue weighted by Crippen LogP contribution is 2.46. The normalized spacial score (nSPS) is 20.6. The fourth-order valence-electron chi connectivity index (χ4n) is 2.03. The second-order valence-corrected chi connectivity index (χ2v) is 4.85. The average Bonchev–Trinajstić information content (AvgIpc) is 2.30. The van der Waals surface area contributed by atoms with Crippen LogP contribution in [-0.2, 0) is 9.59 Å². The van der Waals surface area contributed by atoms with Crippen molar-refractivity contribution >= 4 is 34.2 Å². The minimum Gasteiger partial charge on any atom is -0.299 e. The Labute approximate surface area is 91.9 Å². The molecule has 1 rings (SSSR count). The van der Waals surface area contributed by atoms with E-state index < -0.39 is 5.41 Å². The molecular weight excluding hydrogens is 279 g/mol. The fraction of sp³-hybridized carbons (Fsp3) is 0.600. The van der Waals surface area contributed by atoms with Gasteiger partial charge in [0, 0.05) is 0 Å². The van der Waals surface area contributed by atoms with Crippen LogP contribution in [0.5, 0.6) is 0 Å². The van der Waals surface area contributed by atoms with Crippen molar-refractivity contribution in [2.45, 2.75) is 33.6 Å². The van der Waals surface area contributed by atoms with Crippen LogP contribution in [0.2, 0.25) is 0 Å². The van der Waals surface area contributed by atoms with Crippen LogP contribution in [-0.4, -0.2) is 11.6 Å². The molecule has 0 radical (unpaired) electrons. The molecule has 0 fully saturated rings. The van der Waals surface area contributed by atoms with E-state index in [-0.39, 0.29) is 11.6 Å². The second kappa shape index (κ2) is 3.52. The average molecular weight is 292 g/mol. The SMILES string of the molecule is CC(=O)C1(C(C)=O)CCC(I)=C1C. The molecular formula is C10H13IO2. The number of Topliss-reactive ketones (excluding diaryl/α,β-unsaturated/α-hetero) is 2. The summed E-state index contributed by atoms with van der Waals surface area (Å²) in [6.07, 6.45) is 1.54. The van der Waals surface area contributed by atoms with E-state index in [4.69, 9.17) is 0 Å². The molecule has 0 aromatic rings. The maximum absolute atomic E-state index is 11.5. The van der Waals surface area contributed by atoms with Crippen molar-refractivity contribution in [3.63, 3.8) is 0 Å². The summed E-state index contributed by atoms with van der Waals surface area (Å²) in [5.74, 6) is -0.0201. The zero-order valence-corrected chi connectivity index (χ0v) is 10.3. The first kappa shape index (κ1) is 10.9. The Morgan fingerprint density at radius 2 is 1.77 bits per heavy atom. The Balaban J connectivity index is 3.24.